The summed E-state index contributed by atoms with van der Waals surface area (Å²) >= 11 is 0. The lowest BCUT2D eigenvalue weighted by molar-refractivity contribution is -0.131. The first-order chi connectivity index (χ1) is 10.1. The molecule has 1 fully saturated rings. The number of alkyl carbamates (subject to hydrolysis) is 1. The van der Waals surface area contributed by atoms with E-state index in [9.17, 15) is 9.59 Å². The van der Waals surface area contributed by atoms with Crippen molar-refractivity contribution in [2.75, 3.05) is 25.1 Å². The average molecular weight is 290 g/mol. The summed E-state index contributed by atoms with van der Waals surface area (Å²) in [5.41, 5.74) is 1.81. The molecule has 21 heavy (non-hydrogen) atoms. The number of nitrogens with one attached hydrogen (secondary N) is 1. The number of hydrogen-bond donors (Lipinski definition) is 2. The maximum Gasteiger partial charge on any atom is 0.407 e. The molecular formula is C15H18N2O4. The van der Waals surface area contributed by atoms with Crippen molar-refractivity contribution in [1.82, 2.24) is 5.32 Å². The predicted molar refractivity (Wildman–Crippen MR) is 79.3 cm³/mol. The Morgan fingerprint density at radius 2 is 2.19 bits per heavy atom. The number of carbonyl (C=O) groups is 2. The zero-order chi connectivity index (χ0) is 15.2. The number of ether oxygens (including phenoxy) is 1. The van der Waals surface area contributed by atoms with Gasteiger partial charge in [0.15, 0.2) is 0 Å². The molecule has 0 radical (unpaired) electrons. The van der Waals surface area contributed by atoms with Gasteiger partial charge in [0, 0.05) is 24.9 Å². The van der Waals surface area contributed by atoms with Crippen LogP contribution in [0.25, 0.3) is 6.08 Å². The average Bonchev–Trinajstić information content (AvgIpc) is 2.93. The number of hydrogen-bond acceptors (Lipinski definition) is 4. The van der Waals surface area contributed by atoms with Crippen molar-refractivity contribution in [3.8, 4) is 0 Å². The van der Waals surface area contributed by atoms with E-state index in [1.165, 1.54) is 7.11 Å². The third-order valence-electron chi connectivity index (χ3n) is 3.38. The first-order valence-electron chi connectivity index (χ1n) is 6.69. The van der Waals surface area contributed by atoms with Gasteiger partial charge in [0.1, 0.15) is 0 Å². The molecule has 1 heterocycles. The van der Waals surface area contributed by atoms with Gasteiger partial charge in [0.2, 0.25) is 0 Å². The van der Waals surface area contributed by atoms with Crippen LogP contribution in [0.15, 0.2) is 30.3 Å². The molecule has 0 aliphatic carbocycles. The Bertz CT molecular complexity index is 556. The molecule has 2 rings (SSSR count). The van der Waals surface area contributed by atoms with Gasteiger partial charge in [-0.15, -0.1) is 0 Å². The van der Waals surface area contributed by atoms with Crippen LogP contribution in [0.5, 0.6) is 0 Å². The lowest BCUT2D eigenvalue weighted by Crippen LogP contribution is -2.37. The van der Waals surface area contributed by atoms with Gasteiger partial charge < -0.3 is 20.1 Å². The second-order valence-electron chi connectivity index (χ2n) is 4.80. The fraction of sp³-hybridized carbons (Fsp3) is 0.333. The van der Waals surface area contributed by atoms with Gasteiger partial charge in [0.05, 0.1) is 13.2 Å². The smallest absolute Gasteiger partial charge is 0.407 e. The molecular weight excluding hydrogens is 272 g/mol. The molecule has 6 nitrogen and oxygen atoms in total. The molecule has 1 unspecified atom stereocenters. The number of para-hydroxylation sites is 1. The van der Waals surface area contributed by atoms with E-state index in [1.807, 2.05) is 24.3 Å². The molecule has 1 aromatic rings. The molecule has 0 aromatic heterocycles. The van der Waals surface area contributed by atoms with E-state index in [2.05, 4.69) is 15.0 Å². The molecule has 2 N–H and O–H groups in total. The van der Waals surface area contributed by atoms with Crippen LogP contribution in [-0.4, -0.2) is 43.4 Å². The molecule has 0 bridgehead atoms. The van der Waals surface area contributed by atoms with E-state index in [1.54, 1.807) is 6.08 Å². The lowest BCUT2D eigenvalue weighted by Gasteiger charge is -2.21. The van der Waals surface area contributed by atoms with Gasteiger partial charge in [-0.05, 0) is 24.1 Å². The Labute approximate surface area is 123 Å². The Morgan fingerprint density at radius 1 is 1.43 bits per heavy atom. The first-order valence-corrected chi connectivity index (χ1v) is 6.69. The molecule has 6 heteroatoms. The highest BCUT2D eigenvalue weighted by Gasteiger charge is 2.25. The van der Waals surface area contributed by atoms with Crippen molar-refractivity contribution in [2.24, 2.45) is 0 Å². The van der Waals surface area contributed by atoms with Gasteiger partial charge in [-0.25, -0.2) is 9.59 Å². The maximum absolute atomic E-state index is 11.2. The fourth-order valence-electron chi connectivity index (χ4n) is 2.40. The SMILES string of the molecule is COC(=O)NC1CCN(c2ccccc2/C=C/C(=O)O)C1. The Balaban J connectivity index is 2.09. The Hall–Kier alpha value is -2.50. The third kappa shape index (κ3) is 3.98. The molecule has 1 amide bonds. The molecule has 0 saturated carbocycles. The molecule has 1 aromatic carbocycles. The quantitative estimate of drug-likeness (QED) is 0.825. The van der Waals surface area contributed by atoms with Crippen LogP contribution >= 0.6 is 0 Å². The largest absolute Gasteiger partial charge is 0.478 e. The number of carboxylic acid groups (broad SMARTS) is 1. The van der Waals surface area contributed by atoms with E-state index in [-0.39, 0.29) is 6.04 Å². The minimum absolute atomic E-state index is 0.0361. The number of carboxylic acids is 1. The third-order valence-corrected chi connectivity index (χ3v) is 3.38. The van der Waals surface area contributed by atoms with E-state index in [4.69, 9.17) is 5.11 Å². The second-order valence-corrected chi connectivity index (χ2v) is 4.80. The highest BCUT2D eigenvalue weighted by atomic mass is 16.5. The minimum atomic E-state index is -0.976. The van der Waals surface area contributed by atoms with Crippen molar-refractivity contribution in [2.45, 2.75) is 12.5 Å². The van der Waals surface area contributed by atoms with Gasteiger partial charge in [-0.3, -0.25) is 0 Å². The summed E-state index contributed by atoms with van der Waals surface area (Å²) in [4.78, 5) is 24.0. The summed E-state index contributed by atoms with van der Waals surface area (Å²) in [7, 11) is 1.34. The molecule has 1 aliphatic heterocycles. The summed E-state index contributed by atoms with van der Waals surface area (Å²) in [5, 5.41) is 11.5. The topological polar surface area (TPSA) is 78.9 Å². The summed E-state index contributed by atoms with van der Waals surface area (Å²) in [6, 6.07) is 7.63. The van der Waals surface area contributed by atoms with Crippen LogP contribution in [0.1, 0.15) is 12.0 Å². The van der Waals surface area contributed by atoms with Crippen LogP contribution in [0.3, 0.4) is 0 Å². The van der Waals surface area contributed by atoms with Crippen LogP contribution in [0, 0.1) is 0 Å². The normalized spacial score (nSPS) is 18.0. The number of methoxy groups -OCH3 is 1. The zero-order valence-corrected chi connectivity index (χ0v) is 11.8. The number of nitrogens with zero attached hydrogens (tertiary/aromatic N) is 1. The van der Waals surface area contributed by atoms with Gasteiger partial charge in [0.25, 0.3) is 0 Å². The van der Waals surface area contributed by atoms with Crippen molar-refractivity contribution in [1.29, 1.82) is 0 Å². The molecule has 0 spiro atoms. The number of aliphatic carboxylic acids is 1. The second kappa shape index (κ2) is 6.78. The van der Waals surface area contributed by atoms with E-state index in [0.717, 1.165) is 30.3 Å². The van der Waals surface area contributed by atoms with Gasteiger partial charge in [-0.2, -0.15) is 0 Å². The zero-order valence-electron chi connectivity index (χ0n) is 11.8. The highest BCUT2D eigenvalue weighted by molar-refractivity contribution is 5.87. The summed E-state index contributed by atoms with van der Waals surface area (Å²) in [6.45, 7) is 1.47. The molecule has 1 saturated heterocycles. The van der Waals surface area contributed by atoms with Crippen LogP contribution in [0.4, 0.5) is 10.5 Å². The van der Waals surface area contributed by atoms with Crippen molar-refractivity contribution in [3.63, 3.8) is 0 Å². The number of amides is 1. The molecule has 1 aliphatic rings. The van der Waals surface area contributed by atoms with Crippen LogP contribution < -0.4 is 10.2 Å². The Morgan fingerprint density at radius 3 is 2.90 bits per heavy atom. The van der Waals surface area contributed by atoms with E-state index >= 15 is 0 Å². The fourth-order valence-corrected chi connectivity index (χ4v) is 2.40. The number of anilines is 1. The predicted octanol–water partition coefficient (Wildman–Crippen LogP) is 1.72. The summed E-state index contributed by atoms with van der Waals surface area (Å²) in [6.07, 6.45) is 3.10. The monoisotopic (exact) mass is 290 g/mol. The Kier molecular flexibility index (Phi) is 4.81. The summed E-state index contributed by atoms with van der Waals surface area (Å²) < 4.78 is 4.60. The van der Waals surface area contributed by atoms with Crippen molar-refractivity contribution < 1.29 is 19.4 Å². The maximum atomic E-state index is 11.2. The lowest BCUT2D eigenvalue weighted by atomic mass is 10.1. The number of benzene rings is 1. The minimum Gasteiger partial charge on any atom is -0.478 e. The number of carbonyl (C=O) groups excluding carboxylic acids is 1. The van der Waals surface area contributed by atoms with Crippen molar-refractivity contribution >= 4 is 23.8 Å². The van der Waals surface area contributed by atoms with Crippen LogP contribution in [0.2, 0.25) is 0 Å². The standard InChI is InChI=1S/C15H18N2O4/c1-21-15(20)16-12-8-9-17(10-12)13-5-3-2-4-11(13)6-7-14(18)19/h2-7,12H,8-10H2,1H3,(H,16,20)(H,18,19)/b7-6+. The van der Waals surface area contributed by atoms with Gasteiger partial charge >= 0.3 is 12.1 Å². The highest BCUT2D eigenvalue weighted by Crippen LogP contribution is 2.25. The summed E-state index contributed by atoms with van der Waals surface area (Å²) in [5.74, 6) is -0.976. The van der Waals surface area contributed by atoms with E-state index in [0.29, 0.717) is 6.54 Å². The first kappa shape index (κ1) is 14.9. The van der Waals surface area contributed by atoms with Gasteiger partial charge in [-0.1, -0.05) is 18.2 Å². The van der Waals surface area contributed by atoms with Crippen molar-refractivity contribution in [3.05, 3.63) is 35.9 Å². The van der Waals surface area contributed by atoms with Crippen LogP contribution in [-0.2, 0) is 9.53 Å². The molecule has 1 atom stereocenters. The van der Waals surface area contributed by atoms with E-state index < -0.39 is 12.1 Å². The molecule has 112 valence electrons. The number of rotatable bonds is 4.